The first-order valence-electron chi connectivity index (χ1n) is 9.11. The molecule has 0 radical (unpaired) electrons. The molecular weight excluding hydrogens is 386 g/mol. The Kier molecular flexibility index (Phi) is 4.06. The van der Waals surface area contributed by atoms with E-state index in [2.05, 4.69) is 32.5 Å². The minimum Gasteiger partial charge on any atom is -0.321 e. The van der Waals surface area contributed by atoms with Gasteiger partial charge in [-0.05, 0) is 36.8 Å². The van der Waals surface area contributed by atoms with Crippen molar-refractivity contribution in [1.82, 2.24) is 19.7 Å². The van der Waals surface area contributed by atoms with Crippen LogP contribution >= 0.6 is 11.3 Å². The van der Waals surface area contributed by atoms with Crippen molar-refractivity contribution in [2.24, 2.45) is 0 Å². The van der Waals surface area contributed by atoms with Gasteiger partial charge in [0.2, 0.25) is 0 Å². The molecule has 0 aliphatic heterocycles. The molecule has 5 rings (SSSR count). The molecule has 7 nitrogen and oxygen atoms in total. The highest BCUT2D eigenvalue weighted by molar-refractivity contribution is 7.20. The molecule has 0 unspecified atom stereocenters. The summed E-state index contributed by atoms with van der Waals surface area (Å²) >= 11 is 1.42. The Bertz CT molecular complexity index is 1410. The molecule has 3 N–H and O–H groups in total. The van der Waals surface area contributed by atoms with Crippen LogP contribution in [0.25, 0.3) is 21.3 Å². The van der Waals surface area contributed by atoms with Crippen LogP contribution in [-0.2, 0) is 6.54 Å². The molecule has 1 amide bonds. The van der Waals surface area contributed by atoms with Crippen LogP contribution in [0.15, 0.2) is 59.4 Å². The van der Waals surface area contributed by atoms with Crippen LogP contribution in [0, 0.1) is 6.92 Å². The van der Waals surface area contributed by atoms with E-state index in [-0.39, 0.29) is 11.6 Å². The molecular formula is C21H17N5O2S. The minimum absolute atomic E-state index is 0.186. The van der Waals surface area contributed by atoms with Gasteiger partial charge >= 0.3 is 5.69 Å². The number of rotatable bonds is 4. The lowest BCUT2D eigenvalue weighted by Crippen LogP contribution is -2.10. The smallest absolute Gasteiger partial charge is 0.321 e. The summed E-state index contributed by atoms with van der Waals surface area (Å²) in [6.07, 6.45) is 0. The fourth-order valence-electron chi connectivity index (χ4n) is 3.39. The lowest BCUT2D eigenvalue weighted by molar-refractivity contribution is 0.103. The van der Waals surface area contributed by atoms with Crippen LogP contribution in [-0.4, -0.2) is 25.7 Å². The first kappa shape index (κ1) is 17.4. The van der Waals surface area contributed by atoms with Gasteiger partial charge < -0.3 is 15.3 Å². The van der Waals surface area contributed by atoms with Crippen LogP contribution in [0.3, 0.4) is 0 Å². The van der Waals surface area contributed by atoms with Gasteiger partial charge in [0.15, 0.2) is 0 Å². The number of imidazole rings is 1. The molecule has 0 aliphatic rings. The number of amides is 1. The van der Waals surface area contributed by atoms with Crippen molar-refractivity contribution in [3.63, 3.8) is 0 Å². The number of carbonyl (C=O) groups excluding carboxylic acids is 1. The maximum absolute atomic E-state index is 12.8. The summed E-state index contributed by atoms with van der Waals surface area (Å²) in [4.78, 5) is 31.2. The monoisotopic (exact) mass is 403 g/mol. The van der Waals surface area contributed by atoms with E-state index in [9.17, 15) is 9.59 Å². The van der Waals surface area contributed by atoms with E-state index in [0.29, 0.717) is 28.1 Å². The minimum atomic E-state index is -0.272. The molecule has 0 fully saturated rings. The molecule has 2 aromatic carbocycles. The predicted molar refractivity (Wildman–Crippen MR) is 115 cm³/mol. The molecule has 0 saturated heterocycles. The van der Waals surface area contributed by atoms with Crippen LogP contribution in [0.5, 0.6) is 0 Å². The molecule has 8 heteroatoms. The summed E-state index contributed by atoms with van der Waals surface area (Å²) in [5.41, 5.74) is 3.76. The van der Waals surface area contributed by atoms with Gasteiger partial charge in [-0.25, -0.2) is 4.79 Å². The van der Waals surface area contributed by atoms with Crippen LogP contribution in [0.4, 0.5) is 5.69 Å². The van der Waals surface area contributed by atoms with Crippen molar-refractivity contribution < 1.29 is 4.79 Å². The summed E-state index contributed by atoms with van der Waals surface area (Å²) in [5.74, 6) is -0.186. The molecule has 3 heterocycles. The molecule has 144 valence electrons. The molecule has 0 bridgehead atoms. The van der Waals surface area contributed by atoms with Crippen LogP contribution in [0.1, 0.15) is 20.9 Å². The number of anilines is 1. The standard InChI is InChI=1S/C21H17N5O2S/c1-12-15-10-18(29-20(15)26(25-12)11-13-5-3-2-4-6-13)19(27)22-14-7-8-16-17(9-14)24-21(28)23-16/h2-10H,11H2,1H3,(H,22,27)(H2,23,24,28). The van der Waals surface area contributed by atoms with Gasteiger partial charge in [0, 0.05) is 11.1 Å². The zero-order chi connectivity index (χ0) is 20.0. The van der Waals surface area contributed by atoms with E-state index in [1.54, 1.807) is 18.2 Å². The second-order valence-electron chi connectivity index (χ2n) is 6.85. The SMILES string of the molecule is Cc1nn(Cc2ccccc2)c2sc(C(=O)Nc3ccc4[nH]c(=O)[nH]c4c3)cc12. The third kappa shape index (κ3) is 3.23. The molecule has 5 aromatic rings. The zero-order valence-corrected chi connectivity index (χ0v) is 16.3. The molecule has 0 aliphatic carbocycles. The summed E-state index contributed by atoms with van der Waals surface area (Å²) in [5, 5.41) is 8.52. The number of thiophene rings is 1. The van der Waals surface area contributed by atoms with Gasteiger partial charge in [0.05, 0.1) is 28.1 Å². The first-order chi connectivity index (χ1) is 14.1. The van der Waals surface area contributed by atoms with Gasteiger partial charge in [-0.2, -0.15) is 5.10 Å². The maximum atomic E-state index is 12.8. The fourth-order valence-corrected chi connectivity index (χ4v) is 4.45. The number of H-pyrrole nitrogens is 2. The fraction of sp³-hybridized carbons (Fsp3) is 0.0952. The maximum Gasteiger partial charge on any atom is 0.323 e. The molecule has 0 saturated carbocycles. The number of hydrogen-bond acceptors (Lipinski definition) is 4. The summed E-state index contributed by atoms with van der Waals surface area (Å²) < 4.78 is 1.94. The lowest BCUT2D eigenvalue weighted by Gasteiger charge is -2.04. The number of hydrogen-bond donors (Lipinski definition) is 3. The largest absolute Gasteiger partial charge is 0.323 e. The topological polar surface area (TPSA) is 95.6 Å². The Balaban J connectivity index is 1.44. The molecule has 3 aromatic heterocycles. The van der Waals surface area contributed by atoms with Crippen molar-refractivity contribution in [2.75, 3.05) is 5.32 Å². The van der Waals surface area contributed by atoms with Gasteiger partial charge in [-0.3, -0.25) is 9.48 Å². The first-order valence-corrected chi connectivity index (χ1v) is 9.93. The number of aromatic nitrogens is 4. The highest BCUT2D eigenvalue weighted by Crippen LogP contribution is 2.29. The highest BCUT2D eigenvalue weighted by atomic mass is 32.1. The average molecular weight is 403 g/mol. The number of carbonyl (C=O) groups is 1. The van der Waals surface area contributed by atoms with E-state index in [1.807, 2.05) is 35.9 Å². The van der Waals surface area contributed by atoms with Crippen molar-refractivity contribution in [1.29, 1.82) is 0 Å². The Morgan fingerprint density at radius 3 is 2.72 bits per heavy atom. The van der Waals surface area contributed by atoms with Gasteiger partial charge in [0.25, 0.3) is 5.91 Å². The van der Waals surface area contributed by atoms with Gasteiger partial charge in [-0.15, -0.1) is 11.3 Å². The number of aromatic amines is 2. The predicted octanol–water partition coefficient (Wildman–Crippen LogP) is 3.88. The third-order valence-electron chi connectivity index (χ3n) is 4.78. The van der Waals surface area contributed by atoms with Gasteiger partial charge in [0.1, 0.15) is 4.83 Å². The Morgan fingerprint density at radius 1 is 1.10 bits per heavy atom. The normalized spacial score (nSPS) is 11.3. The molecule has 0 spiro atoms. The van der Waals surface area contributed by atoms with E-state index >= 15 is 0 Å². The Labute approximate surface area is 169 Å². The van der Waals surface area contributed by atoms with Crippen molar-refractivity contribution in [2.45, 2.75) is 13.5 Å². The highest BCUT2D eigenvalue weighted by Gasteiger charge is 2.17. The number of nitrogens with one attached hydrogen (secondary N) is 3. The summed E-state index contributed by atoms with van der Waals surface area (Å²) in [6.45, 7) is 2.61. The third-order valence-corrected chi connectivity index (χ3v) is 5.93. The van der Waals surface area contributed by atoms with E-state index in [0.717, 1.165) is 21.5 Å². The van der Waals surface area contributed by atoms with Crippen LogP contribution < -0.4 is 11.0 Å². The second kappa shape index (κ2) is 6.75. The quantitative estimate of drug-likeness (QED) is 0.425. The van der Waals surface area contributed by atoms with Gasteiger partial charge in [-0.1, -0.05) is 30.3 Å². The van der Waals surface area contributed by atoms with E-state index in [1.165, 1.54) is 11.3 Å². The van der Waals surface area contributed by atoms with E-state index < -0.39 is 0 Å². The number of fused-ring (bicyclic) bond motifs is 2. The Hall–Kier alpha value is -3.65. The Morgan fingerprint density at radius 2 is 1.90 bits per heavy atom. The zero-order valence-electron chi connectivity index (χ0n) is 15.5. The lowest BCUT2D eigenvalue weighted by atomic mass is 10.2. The number of benzene rings is 2. The molecule has 0 atom stereocenters. The number of nitrogens with zero attached hydrogens (tertiary/aromatic N) is 2. The summed E-state index contributed by atoms with van der Waals surface area (Å²) in [6, 6.07) is 17.3. The van der Waals surface area contributed by atoms with Crippen molar-refractivity contribution in [3.05, 3.63) is 81.2 Å². The van der Waals surface area contributed by atoms with E-state index in [4.69, 9.17) is 0 Å². The second-order valence-corrected chi connectivity index (χ2v) is 7.88. The average Bonchev–Trinajstić information content (AvgIpc) is 3.37. The van der Waals surface area contributed by atoms with Crippen LogP contribution in [0.2, 0.25) is 0 Å². The number of aryl methyl sites for hydroxylation is 1. The van der Waals surface area contributed by atoms with Crippen molar-refractivity contribution >= 4 is 44.2 Å². The summed E-state index contributed by atoms with van der Waals surface area (Å²) in [7, 11) is 0. The molecule has 29 heavy (non-hydrogen) atoms. The van der Waals surface area contributed by atoms with Crippen molar-refractivity contribution in [3.8, 4) is 0 Å².